The molecule has 0 spiro atoms. The van der Waals surface area contributed by atoms with Crippen LogP contribution in [0.4, 0.5) is 0 Å². The smallest absolute Gasteiger partial charge is 0.239 e. The first-order valence-electron chi connectivity index (χ1n) is 10.1. The summed E-state index contributed by atoms with van der Waals surface area (Å²) >= 11 is 0. The Morgan fingerprint density at radius 3 is 2.67 bits per heavy atom. The molecule has 0 bridgehead atoms. The van der Waals surface area contributed by atoms with E-state index in [2.05, 4.69) is 4.98 Å². The van der Waals surface area contributed by atoms with Crippen LogP contribution in [0.25, 0.3) is 0 Å². The lowest BCUT2D eigenvalue weighted by atomic mass is 9.52. The number of nitrogens with zero attached hydrogens (tertiary/aromatic N) is 3. The van der Waals surface area contributed by atoms with Gasteiger partial charge in [-0.2, -0.15) is 5.26 Å². The van der Waals surface area contributed by atoms with E-state index in [0.29, 0.717) is 25.1 Å². The van der Waals surface area contributed by atoms with Gasteiger partial charge in [0.15, 0.2) is 5.78 Å². The van der Waals surface area contributed by atoms with Crippen LogP contribution in [0.5, 0.6) is 0 Å². The molecule has 6 heteroatoms. The molecule has 1 aromatic heterocycles. The molecular formula is C24H24N4O2. The number of hydrogen-bond acceptors (Lipinski definition) is 5. The van der Waals surface area contributed by atoms with Gasteiger partial charge < -0.3 is 10.6 Å². The van der Waals surface area contributed by atoms with Crippen molar-refractivity contribution < 1.29 is 9.59 Å². The average molecular weight is 400 g/mol. The number of ketones is 1. The number of pyridine rings is 1. The first-order valence-corrected chi connectivity index (χ1v) is 10.1. The summed E-state index contributed by atoms with van der Waals surface area (Å²) in [5, 5.41) is 9.62. The summed E-state index contributed by atoms with van der Waals surface area (Å²) in [7, 11) is 0. The Balaban J connectivity index is 1.88. The lowest BCUT2D eigenvalue weighted by molar-refractivity contribution is -0.147. The maximum atomic E-state index is 14.1. The van der Waals surface area contributed by atoms with E-state index in [9.17, 15) is 14.9 Å². The molecule has 1 aliphatic carbocycles. The molecule has 2 heterocycles. The molecule has 6 nitrogen and oxygen atoms in total. The number of carbonyl (C=O) groups excluding carboxylic acids is 2. The zero-order valence-corrected chi connectivity index (χ0v) is 17.1. The number of carbonyl (C=O) groups is 2. The van der Waals surface area contributed by atoms with E-state index in [1.807, 2.05) is 55.5 Å². The zero-order chi connectivity index (χ0) is 21.5. The van der Waals surface area contributed by atoms with Gasteiger partial charge in [-0.15, -0.1) is 0 Å². The normalized spacial score (nSPS) is 28.5. The van der Waals surface area contributed by atoms with Gasteiger partial charge in [0.2, 0.25) is 5.91 Å². The number of nitriles is 1. The van der Waals surface area contributed by atoms with Gasteiger partial charge in [-0.25, -0.2) is 0 Å². The Kier molecular flexibility index (Phi) is 4.79. The molecule has 1 fully saturated rings. The summed E-state index contributed by atoms with van der Waals surface area (Å²) < 4.78 is 0. The number of piperidine rings is 1. The second-order valence-corrected chi connectivity index (χ2v) is 8.25. The largest absolute Gasteiger partial charge is 0.337 e. The Morgan fingerprint density at radius 1 is 1.27 bits per heavy atom. The van der Waals surface area contributed by atoms with Crippen LogP contribution in [0.3, 0.4) is 0 Å². The summed E-state index contributed by atoms with van der Waals surface area (Å²) in [6, 6.07) is 15.1. The summed E-state index contributed by atoms with van der Waals surface area (Å²) in [5.74, 6) is -1.12. The first-order chi connectivity index (χ1) is 14.3. The highest BCUT2D eigenvalue weighted by molar-refractivity contribution is 6.07. The highest BCUT2D eigenvalue weighted by Gasteiger charge is 2.64. The van der Waals surface area contributed by atoms with Crippen molar-refractivity contribution in [1.82, 2.24) is 9.88 Å². The fraction of sp³-hybridized carbons (Fsp3) is 0.333. The Morgan fingerprint density at radius 2 is 2.00 bits per heavy atom. The summed E-state index contributed by atoms with van der Waals surface area (Å²) in [5.41, 5.74) is 7.12. The number of allylic oxidation sites excluding steroid dienone is 1. The lowest BCUT2D eigenvalue weighted by Gasteiger charge is -2.56. The van der Waals surface area contributed by atoms with E-state index in [-0.39, 0.29) is 17.3 Å². The van der Waals surface area contributed by atoms with Crippen molar-refractivity contribution in [3.63, 3.8) is 0 Å². The van der Waals surface area contributed by atoms with Gasteiger partial charge >= 0.3 is 0 Å². The van der Waals surface area contributed by atoms with Crippen molar-refractivity contribution >= 4 is 11.7 Å². The second kappa shape index (κ2) is 7.19. The van der Waals surface area contributed by atoms with Crippen LogP contribution in [0.2, 0.25) is 0 Å². The molecule has 30 heavy (non-hydrogen) atoms. The van der Waals surface area contributed by atoms with Crippen molar-refractivity contribution in [2.24, 2.45) is 11.7 Å². The number of aromatic nitrogens is 1. The average Bonchev–Trinajstić information content (AvgIpc) is 2.75. The fourth-order valence-electron chi connectivity index (χ4n) is 4.91. The number of benzene rings is 1. The molecule has 1 aromatic carbocycles. The van der Waals surface area contributed by atoms with E-state index in [4.69, 9.17) is 5.73 Å². The van der Waals surface area contributed by atoms with Crippen molar-refractivity contribution in [3.05, 3.63) is 77.1 Å². The third kappa shape index (κ3) is 2.78. The van der Waals surface area contributed by atoms with Crippen molar-refractivity contribution in [2.75, 3.05) is 6.54 Å². The maximum absolute atomic E-state index is 14.1. The fourth-order valence-corrected chi connectivity index (χ4v) is 4.91. The minimum atomic E-state index is -1.27. The van der Waals surface area contributed by atoms with E-state index in [1.54, 1.807) is 18.0 Å². The van der Waals surface area contributed by atoms with Crippen LogP contribution >= 0.6 is 0 Å². The third-order valence-corrected chi connectivity index (χ3v) is 6.63. The number of fused-ring (bicyclic) bond motifs is 1. The van der Waals surface area contributed by atoms with Gasteiger partial charge in [-0.05, 0) is 42.7 Å². The molecule has 2 aliphatic rings. The summed E-state index contributed by atoms with van der Waals surface area (Å²) in [6.45, 7) is 4.51. The quantitative estimate of drug-likeness (QED) is 0.853. The molecule has 0 unspecified atom stereocenters. The van der Waals surface area contributed by atoms with Crippen LogP contribution in [0.15, 0.2) is 60.3 Å². The number of amides is 1. The van der Waals surface area contributed by atoms with Gasteiger partial charge in [0.05, 0.1) is 5.57 Å². The van der Waals surface area contributed by atoms with Gasteiger partial charge in [-0.3, -0.25) is 14.6 Å². The number of rotatable bonds is 3. The second-order valence-electron chi connectivity index (χ2n) is 8.25. The van der Waals surface area contributed by atoms with Crippen molar-refractivity contribution in [2.45, 2.75) is 37.8 Å². The molecule has 4 rings (SSSR count). The SMILES string of the molecule is Cc1cc(CN2CC[C@@]3(N)[C@H](C)C(=O)C(C#N)=C[C@]3(c3ccccc3)C2=O)ccn1. The molecule has 0 saturated carbocycles. The molecule has 1 saturated heterocycles. The van der Waals surface area contributed by atoms with E-state index < -0.39 is 16.9 Å². The molecule has 152 valence electrons. The van der Waals surface area contributed by atoms with Gasteiger partial charge in [0, 0.05) is 36.4 Å². The molecule has 1 amide bonds. The molecule has 2 aromatic rings. The third-order valence-electron chi connectivity index (χ3n) is 6.63. The summed E-state index contributed by atoms with van der Waals surface area (Å²) in [6.07, 6.45) is 3.71. The molecular weight excluding hydrogens is 376 g/mol. The van der Waals surface area contributed by atoms with Gasteiger partial charge in [0.25, 0.3) is 0 Å². The molecule has 3 atom stereocenters. The number of likely N-dealkylation sites (tertiary alicyclic amines) is 1. The van der Waals surface area contributed by atoms with Crippen LogP contribution in [-0.2, 0) is 21.5 Å². The minimum Gasteiger partial charge on any atom is -0.337 e. The number of nitrogens with two attached hydrogens (primary N) is 1. The highest BCUT2D eigenvalue weighted by atomic mass is 16.2. The van der Waals surface area contributed by atoms with Gasteiger partial charge in [0.1, 0.15) is 11.5 Å². The van der Waals surface area contributed by atoms with Crippen LogP contribution in [0, 0.1) is 24.2 Å². The van der Waals surface area contributed by atoms with Crippen LogP contribution in [0.1, 0.15) is 30.2 Å². The van der Waals surface area contributed by atoms with Crippen molar-refractivity contribution in [1.29, 1.82) is 5.26 Å². The topological polar surface area (TPSA) is 100 Å². The predicted octanol–water partition coefficient (Wildman–Crippen LogP) is 2.43. The molecule has 2 N–H and O–H groups in total. The zero-order valence-electron chi connectivity index (χ0n) is 17.1. The highest BCUT2D eigenvalue weighted by Crippen LogP contribution is 2.50. The van der Waals surface area contributed by atoms with Gasteiger partial charge in [-0.1, -0.05) is 37.3 Å². The maximum Gasteiger partial charge on any atom is 0.239 e. The molecule has 0 radical (unpaired) electrons. The Bertz CT molecular complexity index is 1090. The van der Waals surface area contributed by atoms with Crippen LogP contribution in [-0.4, -0.2) is 33.7 Å². The predicted molar refractivity (Wildman–Crippen MR) is 112 cm³/mol. The monoisotopic (exact) mass is 400 g/mol. The van der Waals surface area contributed by atoms with Crippen LogP contribution < -0.4 is 5.73 Å². The summed E-state index contributed by atoms with van der Waals surface area (Å²) in [4.78, 5) is 32.9. The number of hydrogen-bond donors (Lipinski definition) is 1. The minimum absolute atomic E-state index is 0.00221. The Hall–Kier alpha value is -3.30. The standard InChI is InChI=1S/C24H24N4O2/c1-16-12-18(8-10-27-16)15-28-11-9-24(26)17(2)21(29)19(14-25)13-23(24,22(28)30)20-6-4-3-5-7-20/h3-8,10,12-13,17H,9,11,15,26H2,1-2H3/t17-,23+,24-/m1/s1. The molecule has 1 aliphatic heterocycles. The van der Waals surface area contributed by atoms with E-state index in [1.165, 1.54) is 6.08 Å². The first kappa shape index (κ1) is 20.0. The Labute approximate surface area is 176 Å². The number of aryl methyl sites for hydroxylation is 1. The van der Waals surface area contributed by atoms with E-state index in [0.717, 1.165) is 11.3 Å². The lowest BCUT2D eigenvalue weighted by Crippen LogP contribution is -2.74. The van der Waals surface area contributed by atoms with E-state index >= 15 is 0 Å². The van der Waals surface area contributed by atoms with Crippen molar-refractivity contribution in [3.8, 4) is 6.07 Å². The number of Topliss-reactive ketones (excluding diaryl/α,β-unsaturated/α-hetero) is 1.